The zero-order chi connectivity index (χ0) is 24.8. The molecule has 1 aromatic carbocycles. The van der Waals surface area contributed by atoms with Crippen LogP contribution < -0.4 is 15.8 Å². The van der Waals surface area contributed by atoms with Crippen LogP contribution in [0.4, 0.5) is 16.6 Å². The molecule has 0 bridgehead atoms. The molecule has 184 valence electrons. The van der Waals surface area contributed by atoms with Crippen molar-refractivity contribution in [3.05, 3.63) is 52.4 Å². The highest BCUT2D eigenvalue weighted by molar-refractivity contribution is 7.22. The van der Waals surface area contributed by atoms with Crippen LogP contribution in [0.1, 0.15) is 44.2 Å². The molecule has 0 radical (unpaired) electrons. The Morgan fingerprint density at radius 3 is 2.75 bits per heavy atom. The Labute approximate surface area is 213 Å². The van der Waals surface area contributed by atoms with E-state index in [0.29, 0.717) is 23.0 Å². The molecule has 1 atom stereocenters. The molecule has 9 heteroatoms. The van der Waals surface area contributed by atoms with Crippen molar-refractivity contribution < 1.29 is 0 Å². The highest BCUT2D eigenvalue weighted by atomic mass is 32.1. The van der Waals surface area contributed by atoms with E-state index in [9.17, 15) is 10.1 Å². The fourth-order valence-corrected chi connectivity index (χ4v) is 6.78. The number of piperazine rings is 1. The van der Waals surface area contributed by atoms with Crippen LogP contribution in [0.25, 0.3) is 21.1 Å². The number of rotatable bonds is 4. The molecule has 1 saturated heterocycles. The van der Waals surface area contributed by atoms with Crippen LogP contribution in [-0.2, 0) is 0 Å². The van der Waals surface area contributed by atoms with Gasteiger partial charge in [0.15, 0.2) is 0 Å². The maximum Gasteiger partial charge on any atom is 0.270 e. The Kier molecular flexibility index (Phi) is 5.86. The first kappa shape index (κ1) is 23.0. The number of nitrogens with zero attached hydrogens (tertiary/aromatic N) is 6. The summed E-state index contributed by atoms with van der Waals surface area (Å²) in [5.41, 5.74) is 1.38. The van der Waals surface area contributed by atoms with Crippen LogP contribution in [-0.4, -0.2) is 52.2 Å². The third-order valence-electron chi connectivity index (χ3n) is 7.46. The number of hydrogen-bond donors (Lipinski definition) is 1. The van der Waals surface area contributed by atoms with Crippen LogP contribution in [0.3, 0.4) is 0 Å². The normalized spacial score (nSPS) is 19.2. The zero-order valence-electron chi connectivity index (χ0n) is 20.6. The van der Waals surface area contributed by atoms with Gasteiger partial charge in [-0.05, 0) is 62.5 Å². The summed E-state index contributed by atoms with van der Waals surface area (Å²) < 4.78 is 2.97. The van der Waals surface area contributed by atoms with E-state index in [0.717, 1.165) is 51.0 Å². The van der Waals surface area contributed by atoms with E-state index >= 15 is 0 Å². The first-order valence-electron chi connectivity index (χ1n) is 12.6. The number of aromatic nitrogens is 3. The number of nitrogens with one attached hydrogen (secondary N) is 1. The molecule has 3 aromatic heterocycles. The highest BCUT2D eigenvalue weighted by Crippen LogP contribution is 2.36. The molecule has 36 heavy (non-hydrogen) atoms. The minimum atomic E-state index is -0.257. The molecule has 0 spiro atoms. The largest absolute Gasteiger partial charge is 0.358 e. The van der Waals surface area contributed by atoms with Crippen molar-refractivity contribution in [3.8, 4) is 6.07 Å². The fourth-order valence-electron chi connectivity index (χ4n) is 5.61. The van der Waals surface area contributed by atoms with E-state index in [1.807, 2.05) is 23.5 Å². The van der Waals surface area contributed by atoms with Crippen molar-refractivity contribution in [1.82, 2.24) is 19.4 Å². The third kappa shape index (κ3) is 4.10. The van der Waals surface area contributed by atoms with Gasteiger partial charge in [0.2, 0.25) is 5.95 Å². The Hall–Kier alpha value is -3.48. The third-order valence-corrected chi connectivity index (χ3v) is 8.61. The summed E-state index contributed by atoms with van der Waals surface area (Å²) in [7, 11) is 2.18. The summed E-state index contributed by atoms with van der Waals surface area (Å²) >= 11 is 1.83. The number of hydrogen-bond acceptors (Lipinski definition) is 8. The van der Waals surface area contributed by atoms with Gasteiger partial charge in [-0.25, -0.2) is 4.98 Å². The van der Waals surface area contributed by atoms with E-state index in [1.54, 1.807) is 16.8 Å². The first-order chi connectivity index (χ1) is 17.5. The lowest BCUT2D eigenvalue weighted by Gasteiger charge is -2.38. The van der Waals surface area contributed by atoms with E-state index < -0.39 is 0 Å². The van der Waals surface area contributed by atoms with Gasteiger partial charge in [-0.15, -0.1) is 11.3 Å². The first-order valence-corrected chi connectivity index (χ1v) is 13.4. The molecule has 4 heterocycles. The Morgan fingerprint density at radius 1 is 1.14 bits per heavy atom. The van der Waals surface area contributed by atoms with Crippen LogP contribution in [0.15, 0.2) is 41.3 Å². The predicted molar refractivity (Wildman–Crippen MR) is 145 cm³/mol. The standard InChI is InChI=1S/C27H29N7OS/c1-17-16-32(2)9-10-33(17)24-13-18-12-21(7-8-23(18)36-24)30-27-29-15-20-11-19(14-28)26(35)34(25(20)31-27)22-5-3-4-6-22/h7-8,11-13,15,17,22H,3-6,9-10,16H2,1-2H3,(H,29,30,31)/t17-/m0/s1. The topological polar surface area (TPSA) is 90.1 Å². The van der Waals surface area contributed by atoms with Crippen LogP contribution in [0.5, 0.6) is 0 Å². The second kappa shape index (κ2) is 9.19. The summed E-state index contributed by atoms with van der Waals surface area (Å²) in [4.78, 5) is 27.2. The number of likely N-dealkylation sites (N-methyl/N-ethyl adjacent to an activating group) is 1. The summed E-state index contributed by atoms with van der Waals surface area (Å²) in [5.74, 6) is 0.445. The zero-order valence-corrected chi connectivity index (χ0v) is 21.4. The molecule has 0 amide bonds. The lowest BCUT2D eigenvalue weighted by atomic mass is 10.2. The van der Waals surface area contributed by atoms with Crippen LogP contribution >= 0.6 is 11.3 Å². The van der Waals surface area contributed by atoms with Crippen molar-refractivity contribution in [1.29, 1.82) is 5.26 Å². The smallest absolute Gasteiger partial charge is 0.270 e. The quantitative estimate of drug-likeness (QED) is 0.428. The number of nitriles is 1. The molecule has 2 fully saturated rings. The number of benzene rings is 1. The van der Waals surface area contributed by atoms with Crippen molar-refractivity contribution in [2.24, 2.45) is 0 Å². The van der Waals surface area contributed by atoms with Gasteiger partial charge in [0.1, 0.15) is 17.3 Å². The van der Waals surface area contributed by atoms with Gasteiger partial charge in [-0.1, -0.05) is 12.8 Å². The van der Waals surface area contributed by atoms with Crippen molar-refractivity contribution in [2.75, 3.05) is 36.9 Å². The van der Waals surface area contributed by atoms with Crippen molar-refractivity contribution in [2.45, 2.75) is 44.7 Å². The maximum absolute atomic E-state index is 13.0. The number of pyridine rings is 1. The van der Waals surface area contributed by atoms with E-state index in [1.165, 1.54) is 15.1 Å². The second-order valence-electron chi connectivity index (χ2n) is 10.0. The van der Waals surface area contributed by atoms with E-state index in [-0.39, 0.29) is 17.2 Å². The van der Waals surface area contributed by atoms with Crippen molar-refractivity contribution in [3.63, 3.8) is 0 Å². The SMILES string of the molecule is C[C@H]1CN(C)CCN1c1cc2cc(Nc3ncc4cc(C#N)c(=O)n(C5CCCC5)c4n3)ccc2s1. The Bertz CT molecular complexity index is 1550. The van der Waals surface area contributed by atoms with Gasteiger partial charge in [0.25, 0.3) is 5.56 Å². The highest BCUT2D eigenvalue weighted by Gasteiger charge is 2.24. The molecule has 2 aliphatic rings. The van der Waals surface area contributed by atoms with Gasteiger partial charge < -0.3 is 15.1 Å². The fraction of sp³-hybridized carbons (Fsp3) is 0.407. The maximum atomic E-state index is 13.0. The summed E-state index contributed by atoms with van der Waals surface area (Å²) in [6.07, 6.45) is 5.73. The van der Waals surface area contributed by atoms with E-state index in [2.05, 4.69) is 52.3 Å². The molecule has 8 nitrogen and oxygen atoms in total. The van der Waals surface area contributed by atoms with Gasteiger partial charge in [0, 0.05) is 53.7 Å². The Morgan fingerprint density at radius 2 is 1.97 bits per heavy atom. The van der Waals surface area contributed by atoms with Gasteiger partial charge in [-0.3, -0.25) is 9.36 Å². The lowest BCUT2D eigenvalue weighted by Crippen LogP contribution is -2.50. The minimum Gasteiger partial charge on any atom is -0.358 e. The molecule has 0 unspecified atom stereocenters. The van der Waals surface area contributed by atoms with Gasteiger partial charge in [0.05, 0.1) is 5.00 Å². The molecule has 1 aliphatic heterocycles. The summed E-state index contributed by atoms with van der Waals surface area (Å²) in [6.45, 7) is 5.47. The summed E-state index contributed by atoms with van der Waals surface area (Å²) in [6, 6.07) is 12.8. The number of fused-ring (bicyclic) bond motifs is 2. The lowest BCUT2D eigenvalue weighted by molar-refractivity contribution is 0.276. The monoisotopic (exact) mass is 499 g/mol. The van der Waals surface area contributed by atoms with Gasteiger partial charge >= 0.3 is 0 Å². The average molecular weight is 500 g/mol. The molecule has 4 aromatic rings. The molecule has 6 rings (SSSR count). The Balaban J connectivity index is 1.33. The summed E-state index contributed by atoms with van der Waals surface area (Å²) in [5, 5.41) is 16.0. The molecular formula is C27H29N7OS. The minimum absolute atomic E-state index is 0.0774. The molecule has 1 saturated carbocycles. The van der Waals surface area contributed by atoms with Crippen LogP contribution in [0.2, 0.25) is 0 Å². The number of anilines is 3. The predicted octanol–water partition coefficient (Wildman–Crippen LogP) is 4.88. The number of thiophene rings is 1. The molecular weight excluding hydrogens is 470 g/mol. The van der Waals surface area contributed by atoms with Gasteiger partial charge in [-0.2, -0.15) is 10.2 Å². The van der Waals surface area contributed by atoms with Crippen LogP contribution in [0, 0.1) is 11.3 Å². The van der Waals surface area contributed by atoms with Crippen molar-refractivity contribution >= 4 is 49.1 Å². The molecule has 1 N–H and O–H groups in total. The van der Waals surface area contributed by atoms with E-state index in [4.69, 9.17) is 4.98 Å². The molecule has 1 aliphatic carbocycles. The second-order valence-corrected chi connectivity index (χ2v) is 11.1. The average Bonchev–Trinajstić information content (AvgIpc) is 3.53.